The third kappa shape index (κ3) is 6.17. The zero-order chi connectivity index (χ0) is 15.0. The van der Waals surface area contributed by atoms with Crippen LogP contribution in [0.4, 0.5) is 0 Å². The maximum atomic E-state index is 11.9. The number of hydrogen-bond acceptors (Lipinski definition) is 6. The van der Waals surface area contributed by atoms with Crippen molar-refractivity contribution < 1.29 is 19.0 Å². The Hall–Kier alpha value is -0.690. The van der Waals surface area contributed by atoms with Gasteiger partial charge in [-0.15, -0.1) is 0 Å². The van der Waals surface area contributed by atoms with Crippen LogP contribution in [0.1, 0.15) is 19.8 Å². The summed E-state index contributed by atoms with van der Waals surface area (Å²) in [5.41, 5.74) is 0. The molecule has 1 saturated carbocycles. The number of hydrogen-bond donors (Lipinski definition) is 1. The van der Waals surface area contributed by atoms with Crippen molar-refractivity contribution in [1.82, 2.24) is 10.2 Å². The molecule has 2 atom stereocenters. The lowest BCUT2D eigenvalue weighted by Gasteiger charge is -2.31. The van der Waals surface area contributed by atoms with E-state index in [1.54, 1.807) is 14.2 Å². The molecule has 6 heteroatoms. The molecule has 1 fully saturated rings. The third-order valence-corrected chi connectivity index (χ3v) is 3.53. The maximum absolute atomic E-state index is 11.9. The van der Waals surface area contributed by atoms with E-state index >= 15 is 0 Å². The first-order chi connectivity index (χ1) is 9.62. The smallest absolute Gasteiger partial charge is 0.324 e. The van der Waals surface area contributed by atoms with E-state index in [9.17, 15) is 4.79 Å². The second-order valence-corrected chi connectivity index (χ2v) is 5.31. The molecule has 0 amide bonds. The fourth-order valence-electron chi connectivity index (χ4n) is 2.15. The van der Waals surface area contributed by atoms with Gasteiger partial charge < -0.3 is 19.5 Å². The highest BCUT2D eigenvalue weighted by Gasteiger charge is 2.31. The summed E-state index contributed by atoms with van der Waals surface area (Å²) < 4.78 is 15.2. The van der Waals surface area contributed by atoms with Crippen molar-refractivity contribution in [3.63, 3.8) is 0 Å². The van der Waals surface area contributed by atoms with Gasteiger partial charge in [-0.3, -0.25) is 9.69 Å². The number of carbonyl (C=O) groups excluding carboxylic acids is 1. The van der Waals surface area contributed by atoms with E-state index < -0.39 is 0 Å². The first-order valence-corrected chi connectivity index (χ1v) is 7.18. The van der Waals surface area contributed by atoms with Gasteiger partial charge in [0, 0.05) is 39.4 Å². The molecule has 2 unspecified atom stereocenters. The molecule has 1 aliphatic carbocycles. The molecule has 20 heavy (non-hydrogen) atoms. The van der Waals surface area contributed by atoms with Crippen LogP contribution < -0.4 is 5.32 Å². The van der Waals surface area contributed by atoms with Gasteiger partial charge in [0.1, 0.15) is 6.04 Å². The molecule has 0 bridgehead atoms. The van der Waals surface area contributed by atoms with Crippen LogP contribution in [0.2, 0.25) is 0 Å². The van der Waals surface area contributed by atoms with E-state index in [4.69, 9.17) is 14.2 Å². The molecule has 0 aromatic heterocycles. The van der Waals surface area contributed by atoms with Gasteiger partial charge in [0.25, 0.3) is 0 Å². The van der Waals surface area contributed by atoms with Crippen LogP contribution in [0.25, 0.3) is 0 Å². The number of methoxy groups -OCH3 is 3. The molecule has 1 N–H and O–H groups in total. The molecule has 0 saturated heterocycles. The molecule has 0 aromatic rings. The highest BCUT2D eigenvalue weighted by atomic mass is 16.5. The molecule has 6 nitrogen and oxygen atoms in total. The summed E-state index contributed by atoms with van der Waals surface area (Å²) in [4.78, 5) is 14.1. The fourth-order valence-corrected chi connectivity index (χ4v) is 2.15. The third-order valence-electron chi connectivity index (χ3n) is 3.53. The molecule has 0 spiro atoms. The first-order valence-electron chi connectivity index (χ1n) is 7.18. The maximum Gasteiger partial charge on any atom is 0.324 e. The summed E-state index contributed by atoms with van der Waals surface area (Å²) in [5, 5.41) is 3.35. The molecule has 0 heterocycles. The van der Waals surface area contributed by atoms with Crippen molar-refractivity contribution in [2.24, 2.45) is 0 Å². The SMILES string of the molecule is COCCN(CC(NC1CC1)C(=O)OC)C(C)COC. The normalized spacial score (nSPS) is 18.1. The number of nitrogens with one attached hydrogen (secondary N) is 1. The Balaban J connectivity index is 2.58. The van der Waals surface area contributed by atoms with Crippen LogP contribution in [0.15, 0.2) is 0 Å². The van der Waals surface area contributed by atoms with Gasteiger partial charge in [-0.2, -0.15) is 0 Å². The average Bonchev–Trinajstić information content (AvgIpc) is 3.25. The van der Waals surface area contributed by atoms with Crippen molar-refractivity contribution in [1.29, 1.82) is 0 Å². The zero-order valence-electron chi connectivity index (χ0n) is 13.1. The van der Waals surface area contributed by atoms with Crippen LogP contribution in [0.3, 0.4) is 0 Å². The second kappa shape index (κ2) is 9.28. The molecule has 1 rings (SSSR count). The molecule has 0 aliphatic heterocycles. The van der Waals surface area contributed by atoms with Gasteiger partial charge >= 0.3 is 5.97 Å². The summed E-state index contributed by atoms with van der Waals surface area (Å²) in [6, 6.07) is 0.396. The number of rotatable bonds is 11. The predicted molar refractivity (Wildman–Crippen MR) is 76.7 cm³/mol. The quantitative estimate of drug-likeness (QED) is 0.551. The van der Waals surface area contributed by atoms with Gasteiger partial charge in [-0.05, 0) is 19.8 Å². The molecule has 1 aliphatic rings. The Morgan fingerprint density at radius 3 is 2.50 bits per heavy atom. The molecule has 0 aromatic carbocycles. The Kier molecular flexibility index (Phi) is 8.06. The number of esters is 1. The highest BCUT2D eigenvalue weighted by Crippen LogP contribution is 2.20. The van der Waals surface area contributed by atoms with E-state index in [-0.39, 0.29) is 18.1 Å². The van der Waals surface area contributed by atoms with Crippen LogP contribution >= 0.6 is 0 Å². The summed E-state index contributed by atoms with van der Waals surface area (Å²) in [6.45, 7) is 4.72. The van der Waals surface area contributed by atoms with Crippen molar-refractivity contribution >= 4 is 5.97 Å². The van der Waals surface area contributed by atoms with E-state index in [1.807, 2.05) is 0 Å². The summed E-state index contributed by atoms with van der Waals surface area (Å²) >= 11 is 0. The van der Waals surface area contributed by atoms with E-state index in [0.717, 1.165) is 19.4 Å². The first kappa shape index (κ1) is 17.4. The standard InChI is InChI=1S/C14H28N2O4/c1-11(10-19-3)16(7-8-18-2)9-13(14(17)20-4)15-12-5-6-12/h11-13,15H,5-10H2,1-4H3. The lowest BCUT2D eigenvalue weighted by atomic mass is 10.2. The zero-order valence-corrected chi connectivity index (χ0v) is 13.1. The van der Waals surface area contributed by atoms with Gasteiger partial charge in [0.2, 0.25) is 0 Å². The number of nitrogens with zero attached hydrogens (tertiary/aromatic N) is 1. The van der Waals surface area contributed by atoms with Gasteiger partial charge in [0.15, 0.2) is 0 Å². The van der Waals surface area contributed by atoms with Gasteiger partial charge in [0.05, 0.1) is 20.3 Å². The Bertz CT molecular complexity index is 284. The van der Waals surface area contributed by atoms with E-state index in [2.05, 4.69) is 17.1 Å². The largest absolute Gasteiger partial charge is 0.468 e. The molecular formula is C14H28N2O4. The van der Waals surface area contributed by atoms with E-state index in [1.165, 1.54) is 7.11 Å². The summed E-state index contributed by atoms with van der Waals surface area (Å²) in [6.07, 6.45) is 2.28. The van der Waals surface area contributed by atoms with Crippen LogP contribution in [-0.4, -0.2) is 76.6 Å². The molecular weight excluding hydrogens is 260 g/mol. The van der Waals surface area contributed by atoms with Crippen molar-refractivity contribution in [3.05, 3.63) is 0 Å². The fraction of sp³-hybridized carbons (Fsp3) is 0.929. The lowest BCUT2D eigenvalue weighted by molar-refractivity contribution is -0.144. The van der Waals surface area contributed by atoms with Gasteiger partial charge in [-0.1, -0.05) is 0 Å². The minimum atomic E-state index is -0.288. The van der Waals surface area contributed by atoms with Crippen molar-refractivity contribution in [3.8, 4) is 0 Å². The monoisotopic (exact) mass is 288 g/mol. The summed E-state index contributed by atoms with van der Waals surface area (Å²) in [7, 11) is 4.80. The number of ether oxygens (including phenoxy) is 3. The Morgan fingerprint density at radius 1 is 1.30 bits per heavy atom. The van der Waals surface area contributed by atoms with Crippen LogP contribution in [0.5, 0.6) is 0 Å². The predicted octanol–water partition coefficient (Wildman–Crippen LogP) is 0.263. The van der Waals surface area contributed by atoms with Crippen molar-refractivity contribution in [2.45, 2.75) is 37.9 Å². The second-order valence-electron chi connectivity index (χ2n) is 5.31. The van der Waals surface area contributed by atoms with Crippen LogP contribution in [0, 0.1) is 0 Å². The highest BCUT2D eigenvalue weighted by molar-refractivity contribution is 5.76. The minimum Gasteiger partial charge on any atom is -0.468 e. The Morgan fingerprint density at radius 2 is 2.00 bits per heavy atom. The number of carbonyl (C=O) groups is 1. The summed E-state index contributed by atoms with van der Waals surface area (Å²) in [5.74, 6) is -0.205. The van der Waals surface area contributed by atoms with Crippen LogP contribution in [-0.2, 0) is 19.0 Å². The van der Waals surface area contributed by atoms with Crippen molar-refractivity contribution in [2.75, 3.05) is 47.6 Å². The van der Waals surface area contributed by atoms with Gasteiger partial charge in [-0.25, -0.2) is 0 Å². The average molecular weight is 288 g/mol. The lowest BCUT2D eigenvalue weighted by Crippen LogP contribution is -2.51. The molecule has 118 valence electrons. The molecule has 0 radical (unpaired) electrons. The minimum absolute atomic E-state index is 0.205. The Labute approximate surface area is 121 Å². The topological polar surface area (TPSA) is 60.0 Å². The van der Waals surface area contributed by atoms with E-state index in [0.29, 0.717) is 25.8 Å².